The van der Waals surface area contributed by atoms with Crippen molar-refractivity contribution in [2.24, 2.45) is 0 Å². The quantitative estimate of drug-likeness (QED) is 0.867. The molecule has 3 nitrogen and oxygen atoms in total. The van der Waals surface area contributed by atoms with Crippen LogP contribution in [0.2, 0.25) is 0 Å². The normalized spacial score (nSPS) is 11.8. The number of hydrogen-bond acceptors (Lipinski definition) is 4. The van der Waals surface area contributed by atoms with Crippen molar-refractivity contribution in [1.82, 2.24) is 0 Å². The van der Waals surface area contributed by atoms with E-state index in [4.69, 9.17) is 5.26 Å². The van der Waals surface area contributed by atoms with Crippen LogP contribution in [0.5, 0.6) is 0 Å². The summed E-state index contributed by atoms with van der Waals surface area (Å²) in [5.41, 5.74) is 1.95. The number of aliphatic hydroxyl groups is 1. The Kier molecular flexibility index (Phi) is 4.35. The summed E-state index contributed by atoms with van der Waals surface area (Å²) in [6, 6.07) is 13.7. The number of anilines is 1. The molecule has 92 valence electrons. The second-order valence-corrected chi connectivity index (χ2v) is 4.92. The van der Waals surface area contributed by atoms with Crippen molar-refractivity contribution >= 4 is 17.0 Å². The van der Waals surface area contributed by atoms with Gasteiger partial charge in [-0.2, -0.15) is 5.26 Å². The second kappa shape index (κ2) is 6.20. The van der Waals surface area contributed by atoms with Crippen LogP contribution in [0.15, 0.2) is 41.8 Å². The minimum absolute atomic E-state index is 0.429. The fourth-order valence-electron chi connectivity index (χ4n) is 1.63. The molecule has 2 rings (SSSR count). The molecule has 1 aromatic heterocycles. The first kappa shape index (κ1) is 12.6. The highest BCUT2D eigenvalue weighted by molar-refractivity contribution is 7.10. The molecule has 1 heterocycles. The molecule has 1 aromatic carbocycles. The number of aliphatic hydroxyl groups excluding tert-OH is 1. The van der Waals surface area contributed by atoms with E-state index in [0.29, 0.717) is 13.0 Å². The fraction of sp³-hybridized carbons (Fsp3) is 0.214. The van der Waals surface area contributed by atoms with Gasteiger partial charge in [0.1, 0.15) is 6.10 Å². The molecule has 4 heteroatoms. The van der Waals surface area contributed by atoms with E-state index in [1.165, 1.54) is 0 Å². The smallest absolute Gasteiger partial charge is 0.105 e. The van der Waals surface area contributed by atoms with Crippen molar-refractivity contribution in [2.75, 3.05) is 11.9 Å². The molecule has 0 saturated heterocycles. The number of rotatable bonds is 5. The lowest BCUT2D eigenvalue weighted by molar-refractivity contribution is 0.195. The van der Waals surface area contributed by atoms with E-state index >= 15 is 0 Å². The van der Waals surface area contributed by atoms with Gasteiger partial charge < -0.3 is 10.4 Å². The van der Waals surface area contributed by atoms with Gasteiger partial charge in [-0.25, -0.2) is 0 Å². The third kappa shape index (κ3) is 3.33. The zero-order chi connectivity index (χ0) is 12.8. The van der Waals surface area contributed by atoms with Crippen LogP contribution in [0.25, 0.3) is 0 Å². The van der Waals surface area contributed by atoms with Crippen molar-refractivity contribution in [2.45, 2.75) is 12.5 Å². The molecule has 0 aliphatic carbocycles. The summed E-state index contributed by atoms with van der Waals surface area (Å²) in [4.78, 5) is 0.962. The molecule has 0 aliphatic heterocycles. The molecule has 0 bridgehead atoms. The van der Waals surface area contributed by atoms with Gasteiger partial charge >= 0.3 is 0 Å². The first-order valence-electron chi connectivity index (χ1n) is 5.71. The summed E-state index contributed by atoms with van der Waals surface area (Å²) in [5, 5.41) is 23.6. The van der Waals surface area contributed by atoms with Crippen molar-refractivity contribution in [1.29, 1.82) is 5.26 Å². The minimum Gasteiger partial charge on any atom is -0.386 e. The summed E-state index contributed by atoms with van der Waals surface area (Å²) >= 11 is 1.55. The molecule has 18 heavy (non-hydrogen) atoms. The van der Waals surface area contributed by atoms with Gasteiger partial charge in [0.15, 0.2) is 0 Å². The van der Waals surface area contributed by atoms with Crippen LogP contribution in [0.1, 0.15) is 16.5 Å². The first-order chi connectivity index (χ1) is 8.79. The highest BCUT2D eigenvalue weighted by atomic mass is 32.1. The van der Waals surface area contributed by atoms with E-state index in [1.54, 1.807) is 11.3 Å². The van der Waals surface area contributed by atoms with Crippen molar-refractivity contribution < 1.29 is 5.11 Å². The number of thiophene rings is 1. The number of benzene rings is 1. The van der Waals surface area contributed by atoms with Crippen molar-refractivity contribution in [3.05, 3.63) is 52.2 Å². The molecule has 0 aliphatic rings. The summed E-state index contributed by atoms with van der Waals surface area (Å²) in [6.07, 6.45) is -0.0539. The van der Waals surface area contributed by atoms with Crippen LogP contribution in [-0.2, 0) is 6.42 Å². The van der Waals surface area contributed by atoms with E-state index in [-0.39, 0.29) is 0 Å². The number of nitriles is 1. The van der Waals surface area contributed by atoms with Crippen LogP contribution in [-0.4, -0.2) is 11.7 Å². The Morgan fingerprint density at radius 1 is 1.28 bits per heavy atom. The highest BCUT2D eigenvalue weighted by Gasteiger charge is 2.07. The number of nitrogens with zero attached hydrogens (tertiary/aromatic N) is 1. The maximum atomic E-state index is 9.91. The molecule has 0 saturated carbocycles. The number of nitrogens with one attached hydrogen (secondary N) is 1. The van der Waals surface area contributed by atoms with E-state index < -0.39 is 6.10 Å². The van der Waals surface area contributed by atoms with Crippen molar-refractivity contribution in [3.8, 4) is 6.07 Å². The predicted molar refractivity (Wildman–Crippen MR) is 73.5 cm³/mol. The summed E-state index contributed by atoms with van der Waals surface area (Å²) in [7, 11) is 0. The van der Waals surface area contributed by atoms with Crippen LogP contribution < -0.4 is 5.32 Å². The average molecular weight is 258 g/mol. The molecule has 0 radical (unpaired) electrons. The van der Waals surface area contributed by atoms with Crippen molar-refractivity contribution in [3.63, 3.8) is 0 Å². The van der Waals surface area contributed by atoms with Gasteiger partial charge in [0.2, 0.25) is 0 Å². The van der Waals surface area contributed by atoms with Crippen LogP contribution >= 0.6 is 11.3 Å². The zero-order valence-electron chi connectivity index (χ0n) is 9.84. The molecule has 2 N–H and O–H groups in total. The number of hydrogen-bond donors (Lipinski definition) is 2. The maximum absolute atomic E-state index is 9.91. The van der Waals surface area contributed by atoms with Gasteiger partial charge in [-0.05, 0) is 29.1 Å². The van der Waals surface area contributed by atoms with Crippen LogP contribution in [0, 0.1) is 11.3 Å². The zero-order valence-corrected chi connectivity index (χ0v) is 10.7. The third-order valence-corrected chi connectivity index (χ3v) is 3.58. The van der Waals surface area contributed by atoms with Gasteiger partial charge in [0.25, 0.3) is 0 Å². The Bertz CT molecular complexity index is 514. The molecule has 0 fully saturated rings. The van der Waals surface area contributed by atoms with E-state index in [0.717, 1.165) is 16.1 Å². The Morgan fingerprint density at radius 3 is 2.67 bits per heavy atom. The van der Waals surface area contributed by atoms with Gasteiger partial charge in [-0.3, -0.25) is 0 Å². The lowest BCUT2D eigenvalue weighted by Gasteiger charge is -2.11. The molecule has 1 unspecified atom stereocenters. The standard InChI is InChI=1S/C14H14N2OS/c15-8-7-11-3-5-12(6-4-11)16-10-13(17)14-2-1-9-18-14/h1-6,9,13,16-17H,7,10H2. The molecule has 0 spiro atoms. The fourth-order valence-corrected chi connectivity index (χ4v) is 2.34. The molecule has 0 amide bonds. The third-order valence-electron chi connectivity index (χ3n) is 2.61. The lowest BCUT2D eigenvalue weighted by atomic mass is 10.1. The largest absolute Gasteiger partial charge is 0.386 e. The highest BCUT2D eigenvalue weighted by Crippen LogP contribution is 2.19. The van der Waals surface area contributed by atoms with Gasteiger partial charge in [0, 0.05) is 17.1 Å². The Hall–Kier alpha value is -1.83. The maximum Gasteiger partial charge on any atom is 0.105 e. The van der Waals surface area contributed by atoms with Gasteiger partial charge in [-0.15, -0.1) is 11.3 Å². The van der Waals surface area contributed by atoms with E-state index in [9.17, 15) is 5.11 Å². The van der Waals surface area contributed by atoms with Gasteiger partial charge in [0.05, 0.1) is 12.5 Å². The molecule has 1 atom stereocenters. The molecule has 2 aromatic rings. The van der Waals surface area contributed by atoms with E-state index in [2.05, 4.69) is 11.4 Å². The van der Waals surface area contributed by atoms with E-state index in [1.807, 2.05) is 41.8 Å². The van der Waals surface area contributed by atoms with Gasteiger partial charge in [-0.1, -0.05) is 18.2 Å². The summed E-state index contributed by atoms with van der Waals surface area (Å²) in [6.45, 7) is 0.484. The average Bonchev–Trinajstić information content (AvgIpc) is 2.92. The Balaban J connectivity index is 1.88. The predicted octanol–water partition coefficient (Wildman–Crippen LogP) is 2.96. The minimum atomic E-state index is -0.483. The SMILES string of the molecule is N#CCc1ccc(NCC(O)c2cccs2)cc1. The molecular weight excluding hydrogens is 244 g/mol. The summed E-state index contributed by atoms with van der Waals surface area (Å²) in [5.74, 6) is 0. The topological polar surface area (TPSA) is 56.0 Å². The second-order valence-electron chi connectivity index (χ2n) is 3.94. The Morgan fingerprint density at radius 2 is 2.06 bits per heavy atom. The monoisotopic (exact) mass is 258 g/mol. The lowest BCUT2D eigenvalue weighted by Crippen LogP contribution is -2.10. The first-order valence-corrected chi connectivity index (χ1v) is 6.59. The van der Waals surface area contributed by atoms with Crippen LogP contribution in [0.4, 0.5) is 5.69 Å². The molecular formula is C14H14N2OS. The van der Waals surface area contributed by atoms with Crippen LogP contribution in [0.3, 0.4) is 0 Å². The Labute approximate surface area is 110 Å². The summed E-state index contributed by atoms with van der Waals surface area (Å²) < 4.78 is 0.